The lowest BCUT2D eigenvalue weighted by Gasteiger charge is -2.39. The molecule has 1 atom stereocenters. The van der Waals surface area contributed by atoms with Crippen LogP contribution >= 0.6 is 0 Å². The standard InChI is InChI=1S/C20H35N3O4/c1-4-27-18(25)13-20(8-6-5-7-9-20)22-17(24)12-16-19(26)21-10-11-23(16)14-15(2)3/h15-16H,4-14H2,1-3H3,(H,21,26)(H,22,24)/t16-/m1/s1. The number of nitrogens with zero attached hydrogens (tertiary/aromatic N) is 1. The van der Waals surface area contributed by atoms with Crippen molar-refractivity contribution in [1.29, 1.82) is 0 Å². The summed E-state index contributed by atoms with van der Waals surface area (Å²) in [6.07, 6.45) is 5.00. The third kappa shape index (κ3) is 6.48. The molecule has 0 bridgehead atoms. The predicted octanol–water partition coefficient (Wildman–Crippen LogP) is 1.61. The molecule has 1 aliphatic carbocycles. The molecule has 7 nitrogen and oxygen atoms in total. The van der Waals surface area contributed by atoms with Gasteiger partial charge < -0.3 is 15.4 Å². The van der Waals surface area contributed by atoms with E-state index in [2.05, 4.69) is 29.4 Å². The number of hydrogen-bond donors (Lipinski definition) is 2. The molecule has 0 radical (unpaired) electrons. The first-order valence-electron chi connectivity index (χ1n) is 10.3. The van der Waals surface area contributed by atoms with E-state index in [9.17, 15) is 14.4 Å². The number of nitrogens with one attached hydrogen (secondary N) is 2. The first kappa shape index (κ1) is 21.7. The molecule has 27 heavy (non-hydrogen) atoms. The van der Waals surface area contributed by atoms with Crippen LogP contribution in [0.2, 0.25) is 0 Å². The van der Waals surface area contributed by atoms with Gasteiger partial charge in [-0.1, -0.05) is 33.1 Å². The van der Waals surface area contributed by atoms with Crippen LogP contribution in [0.5, 0.6) is 0 Å². The molecule has 2 aliphatic rings. The maximum absolute atomic E-state index is 12.8. The second-order valence-corrected chi connectivity index (χ2v) is 8.27. The lowest BCUT2D eigenvalue weighted by atomic mass is 9.79. The highest BCUT2D eigenvalue weighted by molar-refractivity contribution is 5.89. The van der Waals surface area contributed by atoms with E-state index < -0.39 is 11.6 Å². The fraction of sp³-hybridized carbons (Fsp3) is 0.850. The van der Waals surface area contributed by atoms with Crippen molar-refractivity contribution in [3.63, 3.8) is 0 Å². The van der Waals surface area contributed by atoms with Gasteiger partial charge in [0.05, 0.1) is 31.0 Å². The minimum absolute atomic E-state index is 0.0832. The summed E-state index contributed by atoms with van der Waals surface area (Å²) < 4.78 is 5.12. The maximum atomic E-state index is 12.8. The first-order valence-corrected chi connectivity index (χ1v) is 10.3. The third-order valence-electron chi connectivity index (χ3n) is 5.42. The molecule has 7 heteroatoms. The van der Waals surface area contributed by atoms with Gasteiger partial charge in [-0.3, -0.25) is 19.3 Å². The van der Waals surface area contributed by atoms with Crippen LogP contribution in [0.25, 0.3) is 0 Å². The third-order valence-corrected chi connectivity index (χ3v) is 5.42. The molecule has 0 unspecified atom stereocenters. The minimum Gasteiger partial charge on any atom is -0.466 e. The van der Waals surface area contributed by atoms with Crippen molar-refractivity contribution in [3.8, 4) is 0 Å². The topological polar surface area (TPSA) is 87.7 Å². The number of hydrogen-bond acceptors (Lipinski definition) is 5. The fourth-order valence-corrected chi connectivity index (χ4v) is 4.26. The smallest absolute Gasteiger partial charge is 0.308 e. The lowest BCUT2D eigenvalue weighted by Crippen LogP contribution is -2.59. The molecule has 2 N–H and O–H groups in total. The van der Waals surface area contributed by atoms with Crippen LogP contribution < -0.4 is 10.6 Å². The van der Waals surface area contributed by atoms with Crippen molar-refractivity contribution >= 4 is 17.8 Å². The van der Waals surface area contributed by atoms with Crippen molar-refractivity contribution in [3.05, 3.63) is 0 Å². The highest BCUT2D eigenvalue weighted by Crippen LogP contribution is 2.32. The van der Waals surface area contributed by atoms with Crippen LogP contribution in [0.15, 0.2) is 0 Å². The molecule has 2 fully saturated rings. The SMILES string of the molecule is CCOC(=O)CC1(NC(=O)C[C@@H]2C(=O)NCCN2CC(C)C)CCCCC1. The zero-order valence-electron chi connectivity index (χ0n) is 17.0. The average Bonchev–Trinajstić information content (AvgIpc) is 2.58. The lowest BCUT2D eigenvalue weighted by molar-refractivity contribution is -0.146. The van der Waals surface area contributed by atoms with Gasteiger partial charge in [-0.15, -0.1) is 0 Å². The van der Waals surface area contributed by atoms with Crippen molar-refractivity contribution in [2.75, 3.05) is 26.2 Å². The van der Waals surface area contributed by atoms with Gasteiger partial charge >= 0.3 is 5.97 Å². The molecule has 1 saturated carbocycles. The largest absolute Gasteiger partial charge is 0.466 e. The quantitative estimate of drug-likeness (QED) is 0.624. The molecule has 0 aromatic carbocycles. The van der Waals surface area contributed by atoms with Gasteiger partial charge in [-0.25, -0.2) is 0 Å². The van der Waals surface area contributed by atoms with Crippen LogP contribution in [-0.4, -0.2) is 60.5 Å². The Kier molecular flexibility index (Phi) is 8.07. The first-order chi connectivity index (χ1) is 12.8. The van der Waals surface area contributed by atoms with Gasteiger partial charge in [0, 0.05) is 19.6 Å². The minimum atomic E-state index is -0.532. The van der Waals surface area contributed by atoms with Gasteiger partial charge in [0.15, 0.2) is 0 Å². The summed E-state index contributed by atoms with van der Waals surface area (Å²) in [5, 5.41) is 5.99. The number of rotatable bonds is 8. The van der Waals surface area contributed by atoms with E-state index in [-0.39, 0.29) is 30.6 Å². The molecule has 1 heterocycles. The van der Waals surface area contributed by atoms with Gasteiger partial charge in [0.2, 0.25) is 11.8 Å². The van der Waals surface area contributed by atoms with E-state index in [4.69, 9.17) is 4.74 Å². The molecule has 154 valence electrons. The van der Waals surface area contributed by atoms with Gasteiger partial charge in [-0.2, -0.15) is 0 Å². The Morgan fingerprint density at radius 1 is 1.30 bits per heavy atom. The summed E-state index contributed by atoms with van der Waals surface area (Å²) in [6, 6.07) is -0.440. The normalized spacial score (nSPS) is 23.0. The molecular weight excluding hydrogens is 346 g/mol. The van der Waals surface area contributed by atoms with Crippen LogP contribution in [0, 0.1) is 5.92 Å². The summed E-state index contributed by atoms with van der Waals surface area (Å²) in [5.74, 6) is -0.0800. The Bertz CT molecular complexity index is 529. The van der Waals surface area contributed by atoms with Gasteiger partial charge in [-0.05, 0) is 25.7 Å². The molecule has 2 rings (SSSR count). The van der Waals surface area contributed by atoms with Crippen molar-refractivity contribution in [1.82, 2.24) is 15.5 Å². The molecular formula is C20H35N3O4. The summed E-state index contributed by atoms with van der Waals surface area (Å²) in [5.41, 5.74) is -0.532. The van der Waals surface area contributed by atoms with E-state index in [1.807, 2.05) is 0 Å². The van der Waals surface area contributed by atoms with Gasteiger partial charge in [0.25, 0.3) is 0 Å². The van der Waals surface area contributed by atoms with Crippen molar-refractivity contribution in [2.45, 2.75) is 77.3 Å². The second-order valence-electron chi connectivity index (χ2n) is 8.27. The van der Waals surface area contributed by atoms with E-state index in [0.717, 1.165) is 45.2 Å². The van der Waals surface area contributed by atoms with Crippen LogP contribution in [0.3, 0.4) is 0 Å². The van der Waals surface area contributed by atoms with E-state index >= 15 is 0 Å². The highest BCUT2D eigenvalue weighted by Gasteiger charge is 2.38. The van der Waals surface area contributed by atoms with E-state index in [0.29, 0.717) is 19.1 Å². The van der Waals surface area contributed by atoms with E-state index in [1.165, 1.54) is 0 Å². The summed E-state index contributed by atoms with van der Waals surface area (Å²) in [7, 11) is 0. The molecule has 0 aromatic heterocycles. The van der Waals surface area contributed by atoms with Crippen LogP contribution in [-0.2, 0) is 19.1 Å². The number of esters is 1. The highest BCUT2D eigenvalue weighted by atomic mass is 16.5. The zero-order chi connectivity index (χ0) is 19.9. The Morgan fingerprint density at radius 2 is 2.00 bits per heavy atom. The Morgan fingerprint density at radius 3 is 2.63 bits per heavy atom. The summed E-state index contributed by atoms with van der Waals surface area (Å²) in [6.45, 7) is 8.52. The monoisotopic (exact) mass is 381 g/mol. The molecule has 1 saturated heterocycles. The Labute approximate surface area is 162 Å². The molecule has 1 aliphatic heterocycles. The maximum Gasteiger partial charge on any atom is 0.308 e. The van der Waals surface area contributed by atoms with Crippen LogP contribution in [0.4, 0.5) is 0 Å². The van der Waals surface area contributed by atoms with Crippen molar-refractivity contribution in [2.24, 2.45) is 5.92 Å². The second kappa shape index (κ2) is 10.1. The fourth-order valence-electron chi connectivity index (χ4n) is 4.26. The Hall–Kier alpha value is -1.63. The number of carbonyl (C=O) groups excluding carboxylic acids is 3. The number of piperazine rings is 1. The van der Waals surface area contributed by atoms with Crippen LogP contribution in [0.1, 0.15) is 65.7 Å². The number of amides is 2. The predicted molar refractivity (Wildman–Crippen MR) is 103 cm³/mol. The molecule has 0 aromatic rings. The molecule has 0 spiro atoms. The van der Waals surface area contributed by atoms with Gasteiger partial charge in [0.1, 0.15) is 0 Å². The van der Waals surface area contributed by atoms with Crippen molar-refractivity contribution < 1.29 is 19.1 Å². The molecule has 2 amide bonds. The average molecular weight is 382 g/mol. The summed E-state index contributed by atoms with van der Waals surface area (Å²) >= 11 is 0. The van der Waals surface area contributed by atoms with E-state index in [1.54, 1.807) is 6.92 Å². The summed E-state index contributed by atoms with van der Waals surface area (Å²) in [4.78, 5) is 39.3. The number of ether oxygens (including phenoxy) is 1. The number of carbonyl (C=O) groups is 3. The zero-order valence-corrected chi connectivity index (χ0v) is 17.0. The Balaban J connectivity index is 2.02.